The smallest absolute Gasteiger partial charge is 0.327 e. The minimum absolute atomic E-state index is 0.0833. The molecule has 25 heavy (non-hydrogen) atoms. The van der Waals surface area contributed by atoms with Gasteiger partial charge in [-0.15, -0.1) is 0 Å². The number of nitrogens with one attached hydrogen (secondary N) is 1. The summed E-state index contributed by atoms with van der Waals surface area (Å²) < 4.78 is 4.98. The van der Waals surface area contributed by atoms with Gasteiger partial charge in [0.1, 0.15) is 13.1 Å². The van der Waals surface area contributed by atoms with Crippen molar-refractivity contribution in [2.24, 2.45) is 0 Å². The number of benzene rings is 1. The van der Waals surface area contributed by atoms with E-state index in [4.69, 9.17) is 16.3 Å². The number of imide groups is 1. The van der Waals surface area contributed by atoms with Crippen molar-refractivity contribution in [3.05, 3.63) is 34.9 Å². The van der Waals surface area contributed by atoms with E-state index in [0.29, 0.717) is 5.02 Å². The number of halogens is 1. The van der Waals surface area contributed by atoms with E-state index >= 15 is 0 Å². The quantitative estimate of drug-likeness (QED) is 0.592. The van der Waals surface area contributed by atoms with Gasteiger partial charge in [-0.2, -0.15) is 0 Å². The van der Waals surface area contributed by atoms with Crippen molar-refractivity contribution in [1.82, 2.24) is 15.1 Å². The van der Waals surface area contributed by atoms with E-state index in [1.165, 1.54) is 18.9 Å². The van der Waals surface area contributed by atoms with Crippen molar-refractivity contribution in [2.75, 3.05) is 20.1 Å². The maximum absolute atomic E-state index is 12.0. The van der Waals surface area contributed by atoms with Crippen LogP contribution >= 0.6 is 11.6 Å². The van der Waals surface area contributed by atoms with Crippen LogP contribution in [0.15, 0.2) is 24.3 Å². The van der Waals surface area contributed by atoms with E-state index in [1.54, 1.807) is 24.3 Å². The normalized spacial score (nSPS) is 15.3. The van der Waals surface area contributed by atoms with E-state index in [2.05, 4.69) is 5.32 Å². The predicted octanol–water partition coefficient (Wildman–Crippen LogP) is 0.782. The highest BCUT2D eigenvalue weighted by molar-refractivity contribution is 6.31. The minimum atomic E-state index is -1.07. The zero-order chi connectivity index (χ0) is 18.6. The number of amides is 4. The number of carbonyl (C=O) groups excluding carboxylic acids is 4. The van der Waals surface area contributed by atoms with Gasteiger partial charge < -0.3 is 15.0 Å². The van der Waals surface area contributed by atoms with Crippen LogP contribution in [-0.2, 0) is 25.7 Å². The molecule has 0 saturated carbocycles. The van der Waals surface area contributed by atoms with Crippen LogP contribution in [0, 0.1) is 0 Å². The summed E-state index contributed by atoms with van der Waals surface area (Å²) in [5.41, 5.74) is 0.729. The standard InChI is InChI=1S/C16H18ClN3O5/c1-10(15(23)18-7-11-5-3-4-6-12(11)17)25-14(22)9-20-13(21)8-19(2)16(20)24/h3-6,10H,7-9H2,1-2H3,(H,18,23)/t10-/m0/s1. The summed E-state index contributed by atoms with van der Waals surface area (Å²) in [5.74, 6) is -1.83. The van der Waals surface area contributed by atoms with Gasteiger partial charge in [-0.05, 0) is 18.6 Å². The Morgan fingerprint density at radius 2 is 2.00 bits per heavy atom. The number of urea groups is 1. The van der Waals surface area contributed by atoms with Crippen molar-refractivity contribution in [2.45, 2.75) is 19.6 Å². The summed E-state index contributed by atoms with van der Waals surface area (Å²) >= 11 is 6.00. The van der Waals surface area contributed by atoms with Crippen LogP contribution < -0.4 is 5.32 Å². The third-order valence-electron chi connectivity index (χ3n) is 3.61. The largest absolute Gasteiger partial charge is 0.451 e. The van der Waals surface area contributed by atoms with Gasteiger partial charge in [-0.1, -0.05) is 29.8 Å². The summed E-state index contributed by atoms with van der Waals surface area (Å²) in [7, 11) is 1.45. The summed E-state index contributed by atoms with van der Waals surface area (Å²) in [6.45, 7) is 0.984. The lowest BCUT2D eigenvalue weighted by molar-refractivity contribution is -0.156. The van der Waals surface area contributed by atoms with Gasteiger partial charge in [0.25, 0.3) is 11.8 Å². The average Bonchev–Trinajstić information content (AvgIpc) is 2.80. The Labute approximate surface area is 149 Å². The number of likely N-dealkylation sites (N-methyl/N-ethyl adjacent to an activating group) is 1. The lowest BCUT2D eigenvalue weighted by Crippen LogP contribution is -2.40. The number of esters is 1. The number of nitrogens with zero attached hydrogens (tertiary/aromatic N) is 2. The molecule has 1 heterocycles. The average molecular weight is 368 g/mol. The molecule has 1 aromatic rings. The zero-order valence-electron chi connectivity index (χ0n) is 13.8. The van der Waals surface area contributed by atoms with Gasteiger partial charge in [-0.25, -0.2) is 4.79 Å². The van der Waals surface area contributed by atoms with Crippen molar-refractivity contribution < 1.29 is 23.9 Å². The van der Waals surface area contributed by atoms with Crippen LogP contribution in [0.3, 0.4) is 0 Å². The van der Waals surface area contributed by atoms with E-state index in [0.717, 1.165) is 10.5 Å². The first-order valence-corrected chi connectivity index (χ1v) is 7.93. The van der Waals surface area contributed by atoms with E-state index in [1.807, 2.05) is 0 Å². The summed E-state index contributed by atoms with van der Waals surface area (Å²) in [6.07, 6.45) is -1.07. The van der Waals surface area contributed by atoms with Gasteiger partial charge in [0.05, 0.1) is 0 Å². The predicted molar refractivity (Wildman–Crippen MR) is 88.6 cm³/mol. The second-order valence-electron chi connectivity index (χ2n) is 5.56. The first-order valence-electron chi connectivity index (χ1n) is 7.55. The van der Waals surface area contributed by atoms with Crippen LogP contribution in [0.4, 0.5) is 4.79 Å². The fourth-order valence-corrected chi connectivity index (χ4v) is 2.41. The fraction of sp³-hybridized carbons (Fsp3) is 0.375. The number of hydrogen-bond acceptors (Lipinski definition) is 5. The molecule has 0 spiro atoms. The molecular weight excluding hydrogens is 350 g/mol. The van der Waals surface area contributed by atoms with Crippen LogP contribution in [0.5, 0.6) is 0 Å². The Bertz CT molecular complexity index is 709. The molecule has 1 saturated heterocycles. The molecule has 8 nitrogen and oxygen atoms in total. The topological polar surface area (TPSA) is 96.0 Å². The van der Waals surface area contributed by atoms with Crippen molar-refractivity contribution in [3.63, 3.8) is 0 Å². The summed E-state index contributed by atoms with van der Waals surface area (Å²) in [4.78, 5) is 49.1. The molecule has 0 bridgehead atoms. The maximum atomic E-state index is 12.0. The first-order chi connectivity index (χ1) is 11.8. The molecule has 2 rings (SSSR count). The Balaban J connectivity index is 1.82. The molecule has 0 unspecified atom stereocenters. The molecule has 1 aliphatic heterocycles. The van der Waals surface area contributed by atoms with Crippen molar-refractivity contribution in [3.8, 4) is 0 Å². The van der Waals surface area contributed by atoms with Gasteiger partial charge in [0.15, 0.2) is 6.10 Å². The Kier molecular flexibility index (Phi) is 5.97. The minimum Gasteiger partial charge on any atom is -0.451 e. The van der Waals surface area contributed by atoms with E-state index in [-0.39, 0.29) is 13.1 Å². The molecule has 1 atom stereocenters. The maximum Gasteiger partial charge on any atom is 0.327 e. The Morgan fingerprint density at radius 3 is 2.60 bits per heavy atom. The molecule has 0 aliphatic carbocycles. The van der Waals surface area contributed by atoms with Gasteiger partial charge in [0.2, 0.25) is 0 Å². The van der Waals surface area contributed by atoms with Crippen LogP contribution in [0.25, 0.3) is 0 Å². The van der Waals surface area contributed by atoms with Crippen LogP contribution in [0.2, 0.25) is 5.02 Å². The third kappa shape index (κ3) is 4.69. The molecule has 0 aromatic heterocycles. The monoisotopic (exact) mass is 367 g/mol. The second kappa shape index (κ2) is 7.98. The lowest BCUT2D eigenvalue weighted by Gasteiger charge is -2.17. The molecule has 134 valence electrons. The second-order valence-corrected chi connectivity index (χ2v) is 5.97. The highest BCUT2D eigenvalue weighted by Crippen LogP contribution is 2.14. The van der Waals surface area contributed by atoms with Gasteiger partial charge >= 0.3 is 12.0 Å². The third-order valence-corrected chi connectivity index (χ3v) is 3.98. The number of rotatable bonds is 6. The highest BCUT2D eigenvalue weighted by atomic mass is 35.5. The molecule has 1 aromatic carbocycles. The molecule has 4 amide bonds. The van der Waals surface area contributed by atoms with E-state index in [9.17, 15) is 19.2 Å². The Hall–Kier alpha value is -2.61. The van der Waals surface area contributed by atoms with Crippen LogP contribution in [0.1, 0.15) is 12.5 Å². The van der Waals surface area contributed by atoms with Gasteiger partial charge in [0, 0.05) is 18.6 Å². The van der Waals surface area contributed by atoms with E-state index < -0.39 is 36.5 Å². The van der Waals surface area contributed by atoms with Crippen molar-refractivity contribution in [1.29, 1.82) is 0 Å². The fourth-order valence-electron chi connectivity index (χ4n) is 2.21. The summed E-state index contributed by atoms with van der Waals surface area (Å²) in [5, 5.41) is 3.12. The zero-order valence-corrected chi connectivity index (χ0v) is 14.6. The SMILES string of the molecule is C[C@H](OC(=O)CN1C(=O)CN(C)C1=O)C(=O)NCc1ccccc1Cl. The highest BCUT2D eigenvalue weighted by Gasteiger charge is 2.35. The molecule has 1 aliphatic rings. The number of carbonyl (C=O) groups is 4. The number of ether oxygens (including phenoxy) is 1. The van der Waals surface area contributed by atoms with Crippen LogP contribution in [-0.4, -0.2) is 59.9 Å². The van der Waals surface area contributed by atoms with Gasteiger partial charge in [-0.3, -0.25) is 19.3 Å². The van der Waals surface area contributed by atoms with Crippen molar-refractivity contribution >= 4 is 35.4 Å². The first kappa shape index (κ1) is 18.7. The molecule has 1 fully saturated rings. The molecule has 9 heteroatoms. The molecular formula is C16H18ClN3O5. The molecule has 1 N–H and O–H groups in total. The number of hydrogen-bond donors (Lipinski definition) is 1. The Morgan fingerprint density at radius 1 is 1.32 bits per heavy atom. The lowest BCUT2D eigenvalue weighted by atomic mass is 10.2. The molecule has 0 radical (unpaired) electrons. The summed E-state index contributed by atoms with van der Waals surface area (Å²) in [6, 6.07) is 6.46.